The Morgan fingerprint density at radius 2 is 2.04 bits per heavy atom. The number of rotatable bonds is 3. The number of ether oxygens (including phenoxy) is 1. The van der Waals surface area contributed by atoms with Crippen molar-refractivity contribution >= 4 is 17.7 Å². The molecule has 1 aromatic carbocycles. The zero-order valence-corrected chi connectivity index (χ0v) is 14.2. The van der Waals surface area contributed by atoms with Gasteiger partial charge >= 0.3 is 5.97 Å². The van der Waals surface area contributed by atoms with Gasteiger partial charge in [-0.2, -0.15) is 11.8 Å². The van der Waals surface area contributed by atoms with Gasteiger partial charge in [-0.3, -0.25) is 4.79 Å². The third-order valence-corrected chi connectivity index (χ3v) is 7.41. The zero-order valence-electron chi connectivity index (χ0n) is 13.4. The molecule has 4 rings (SSSR count). The third-order valence-electron chi connectivity index (χ3n) is 5.68. The minimum Gasteiger partial charge on any atom is -0.426 e. The second kappa shape index (κ2) is 6.14. The lowest BCUT2D eigenvalue weighted by molar-refractivity contribution is -0.139. The monoisotopic (exact) mass is 332 g/mol. The van der Waals surface area contributed by atoms with E-state index in [0.29, 0.717) is 16.2 Å². The van der Waals surface area contributed by atoms with E-state index >= 15 is 0 Å². The molecule has 2 heterocycles. The highest BCUT2D eigenvalue weighted by Gasteiger charge is 2.45. The summed E-state index contributed by atoms with van der Waals surface area (Å²) >= 11 is 1.96. The summed E-state index contributed by atoms with van der Waals surface area (Å²) in [4.78, 5) is 12.5. The highest BCUT2D eigenvalue weighted by atomic mass is 32.2. The summed E-state index contributed by atoms with van der Waals surface area (Å²) in [6.07, 6.45) is 8.28. The van der Waals surface area contributed by atoms with Gasteiger partial charge < -0.3 is 9.84 Å². The van der Waals surface area contributed by atoms with Crippen LogP contribution >= 0.6 is 11.8 Å². The van der Waals surface area contributed by atoms with Crippen LogP contribution in [0.5, 0.6) is 5.75 Å². The number of aliphatic hydroxyl groups is 1. The molecule has 3 atom stereocenters. The van der Waals surface area contributed by atoms with Crippen LogP contribution in [0.2, 0.25) is 0 Å². The molecule has 0 spiro atoms. The fourth-order valence-corrected chi connectivity index (χ4v) is 6.12. The number of carbonyl (C=O) groups excluding carboxylic acids is 1. The maximum Gasteiger partial charge on any atom is 0.315 e. The van der Waals surface area contributed by atoms with Crippen LogP contribution in [0.25, 0.3) is 0 Å². The van der Waals surface area contributed by atoms with Crippen LogP contribution in [0, 0.1) is 5.92 Å². The Morgan fingerprint density at radius 1 is 1.22 bits per heavy atom. The number of hydrogen-bond acceptors (Lipinski definition) is 4. The second-order valence-electron chi connectivity index (χ2n) is 7.26. The van der Waals surface area contributed by atoms with Crippen LogP contribution in [0.3, 0.4) is 0 Å². The molecule has 0 aromatic heterocycles. The normalized spacial score (nSPS) is 32.0. The van der Waals surface area contributed by atoms with Crippen LogP contribution in [0.4, 0.5) is 0 Å². The van der Waals surface area contributed by atoms with Crippen molar-refractivity contribution < 1.29 is 14.6 Å². The molecule has 3 nitrogen and oxygen atoms in total. The Bertz CT molecular complexity index is 594. The van der Waals surface area contributed by atoms with Crippen molar-refractivity contribution in [2.45, 2.75) is 67.5 Å². The average molecular weight is 332 g/mol. The lowest BCUT2D eigenvalue weighted by Crippen LogP contribution is -2.29. The Kier molecular flexibility index (Phi) is 4.14. The van der Waals surface area contributed by atoms with Gasteiger partial charge in [0.1, 0.15) is 5.75 Å². The molecule has 4 heteroatoms. The standard InChI is InChI=1S/C19H24O3S/c20-18(16-12-15-7-8-17(16)23-15)22-14-6-4-5-13(11-14)19(21)9-2-1-3-10-19/h4-6,11,15-17,21H,1-3,7-10,12H2. The van der Waals surface area contributed by atoms with Gasteiger partial charge in [-0.05, 0) is 49.8 Å². The average Bonchev–Trinajstić information content (AvgIpc) is 3.19. The van der Waals surface area contributed by atoms with Gasteiger partial charge in [-0.15, -0.1) is 0 Å². The maximum absolute atomic E-state index is 12.5. The molecular weight excluding hydrogens is 308 g/mol. The summed E-state index contributed by atoms with van der Waals surface area (Å²) in [5.41, 5.74) is 0.146. The Morgan fingerprint density at radius 3 is 2.74 bits per heavy atom. The first-order valence-corrected chi connectivity index (χ1v) is 9.78. The number of fused-ring (bicyclic) bond motifs is 2. The molecule has 3 fully saturated rings. The van der Waals surface area contributed by atoms with E-state index in [1.54, 1.807) is 0 Å². The van der Waals surface area contributed by atoms with Crippen molar-refractivity contribution in [1.29, 1.82) is 0 Å². The molecule has 124 valence electrons. The lowest BCUT2D eigenvalue weighted by atomic mass is 9.80. The van der Waals surface area contributed by atoms with Gasteiger partial charge in [0.05, 0.1) is 11.5 Å². The van der Waals surface area contributed by atoms with Crippen molar-refractivity contribution in [2.24, 2.45) is 5.92 Å². The van der Waals surface area contributed by atoms with Gasteiger partial charge in [0.15, 0.2) is 0 Å². The van der Waals surface area contributed by atoms with Crippen LogP contribution in [0.1, 0.15) is 56.9 Å². The molecule has 1 N–H and O–H groups in total. The van der Waals surface area contributed by atoms with Gasteiger partial charge in [0.25, 0.3) is 0 Å². The lowest BCUT2D eigenvalue weighted by Gasteiger charge is -2.32. The largest absolute Gasteiger partial charge is 0.426 e. The van der Waals surface area contributed by atoms with Crippen LogP contribution in [-0.4, -0.2) is 21.6 Å². The van der Waals surface area contributed by atoms with E-state index in [4.69, 9.17) is 4.74 Å². The summed E-state index contributed by atoms with van der Waals surface area (Å²) in [5, 5.41) is 12.0. The van der Waals surface area contributed by atoms with Gasteiger partial charge in [-0.25, -0.2) is 0 Å². The third kappa shape index (κ3) is 3.03. The smallest absolute Gasteiger partial charge is 0.315 e. The van der Waals surface area contributed by atoms with E-state index in [2.05, 4.69) is 0 Å². The first-order valence-electron chi connectivity index (χ1n) is 8.84. The minimum atomic E-state index is -0.747. The van der Waals surface area contributed by atoms with Gasteiger partial charge in [0, 0.05) is 10.5 Å². The van der Waals surface area contributed by atoms with Crippen molar-refractivity contribution in [3.63, 3.8) is 0 Å². The summed E-state index contributed by atoms with van der Waals surface area (Å²) in [6.45, 7) is 0. The molecule has 0 radical (unpaired) electrons. The Hall–Kier alpha value is -1.00. The van der Waals surface area contributed by atoms with Gasteiger partial charge in [-0.1, -0.05) is 31.4 Å². The van der Waals surface area contributed by atoms with E-state index in [9.17, 15) is 9.90 Å². The summed E-state index contributed by atoms with van der Waals surface area (Å²) in [5.74, 6) is 0.553. The molecule has 2 aliphatic heterocycles. The summed E-state index contributed by atoms with van der Waals surface area (Å²) in [7, 11) is 0. The highest BCUT2D eigenvalue weighted by Crippen LogP contribution is 2.49. The number of thioether (sulfide) groups is 1. The molecule has 1 saturated carbocycles. The van der Waals surface area contributed by atoms with E-state index in [1.807, 2.05) is 36.0 Å². The minimum absolute atomic E-state index is 0.0557. The van der Waals surface area contributed by atoms with Crippen LogP contribution < -0.4 is 4.74 Å². The summed E-state index contributed by atoms with van der Waals surface area (Å²) in [6, 6.07) is 7.54. The number of hydrogen-bond donors (Lipinski definition) is 1. The molecule has 2 saturated heterocycles. The molecule has 3 aliphatic rings. The van der Waals surface area contributed by atoms with E-state index < -0.39 is 5.60 Å². The molecule has 2 bridgehead atoms. The van der Waals surface area contributed by atoms with Gasteiger partial charge in [0.2, 0.25) is 0 Å². The van der Waals surface area contributed by atoms with Crippen molar-refractivity contribution in [3.8, 4) is 5.75 Å². The first-order chi connectivity index (χ1) is 11.1. The Balaban J connectivity index is 1.47. The SMILES string of the molecule is O=C(Oc1cccc(C2(O)CCCCC2)c1)C1CC2CCC1S2. The Labute approximate surface area is 141 Å². The maximum atomic E-state index is 12.5. The fraction of sp³-hybridized carbons (Fsp3) is 0.632. The van der Waals surface area contributed by atoms with E-state index in [0.717, 1.165) is 44.1 Å². The number of esters is 1. The van der Waals surface area contributed by atoms with Crippen molar-refractivity contribution in [3.05, 3.63) is 29.8 Å². The predicted octanol–water partition coefficient (Wildman–Crippen LogP) is 4.03. The van der Waals surface area contributed by atoms with E-state index in [1.165, 1.54) is 12.8 Å². The molecule has 0 amide bonds. The molecule has 1 aliphatic carbocycles. The van der Waals surface area contributed by atoms with Crippen LogP contribution in [0.15, 0.2) is 24.3 Å². The van der Waals surface area contributed by atoms with Crippen molar-refractivity contribution in [1.82, 2.24) is 0 Å². The molecular formula is C19H24O3S. The second-order valence-corrected chi connectivity index (χ2v) is 8.80. The van der Waals surface area contributed by atoms with Crippen molar-refractivity contribution in [2.75, 3.05) is 0 Å². The first kappa shape index (κ1) is 15.5. The topological polar surface area (TPSA) is 46.5 Å². The fourth-order valence-electron chi connectivity index (χ4n) is 4.35. The molecule has 3 unspecified atom stereocenters. The number of carbonyl (C=O) groups is 1. The quantitative estimate of drug-likeness (QED) is 0.670. The predicted molar refractivity (Wildman–Crippen MR) is 91.6 cm³/mol. The highest BCUT2D eigenvalue weighted by molar-refractivity contribution is 8.01. The van der Waals surface area contributed by atoms with Crippen LogP contribution in [-0.2, 0) is 10.4 Å². The number of benzene rings is 1. The van der Waals surface area contributed by atoms with E-state index in [-0.39, 0.29) is 11.9 Å². The zero-order chi connectivity index (χ0) is 15.9. The molecule has 23 heavy (non-hydrogen) atoms. The summed E-state index contributed by atoms with van der Waals surface area (Å²) < 4.78 is 5.66. The molecule has 1 aromatic rings.